The third-order valence-electron chi connectivity index (χ3n) is 3.81. The van der Waals surface area contributed by atoms with Gasteiger partial charge in [0.25, 0.3) is 0 Å². The topological polar surface area (TPSA) is 43.8 Å². The van der Waals surface area contributed by atoms with E-state index in [1.165, 1.54) is 25.0 Å². The molecule has 1 heterocycles. The van der Waals surface area contributed by atoms with E-state index in [-0.39, 0.29) is 0 Å². The Labute approximate surface area is 108 Å². The van der Waals surface area contributed by atoms with Crippen molar-refractivity contribution in [2.45, 2.75) is 51.5 Å². The van der Waals surface area contributed by atoms with Crippen LogP contribution in [0.4, 0.5) is 0 Å². The highest BCUT2D eigenvalue weighted by Crippen LogP contribution is 2.30. The van der Waals surface area contributed by atoms with Gasteiger partial charge in [-0.25, -0.2) is 0 Å². The first-order valence-electron chi connectivity index (χ1n) is 6.57. The summed E-state index contributed by atoms with van der Waals surface area (Å²) >= 11 is 6.37. The minimum Gasteiger partial charge on any atom is -0.328 e. The van der Waals surface area contributed by atoms with Crippen LogP contribution in [0.5, 0.6) is 0 Å². The van der Waals surface area contributed by atoms with E-state index in [9.17, 15) is 0 Å². The second-order valence-electron chi connectivity index (χ2n) is 5.18. The van der Waals surface area contributed by atoms with Gasteiger partial charge in [-0.2, -0.15) is 5.10 Å². The Morgan fingerprint density at radius 1 is 1.47 bits per heavy atom. The summed E-state index contributed by atoms with van der Waals surface area (Å²) < 4.78 is 1.95. The Kier molecular flexibility index (Phi) is 4.10. The van der Waals surface area contributed by atoms with Crippen LogP contribution in [0.15, 0.2) is 0 Å². The van der Waals surface area contributed by atoms with E-state index in [0.29, 0.717) is 12.0 Å². The molecule has 0 radical (unpaired) electrons. The smallest absolute Gasteiger partial charge is 0.0849 e. The Bertz CT molecular complexity index is 386. The highest BCUT2D eigenvalue weighted by Gasteiger charge is 2.22. The molecule has 1 aromatic rings. The first kappa shape index (κ1) is 12.9. The number of halogens is 1. The lowest BCUT2D eigenvalue weighted by Crippen LogP contribution is -2.29. The fourth-order valence-corrected chi connectivity index (χ4v) is 3.20. The first-order valence-corrected chi connectivity index (χ1v) is 6.95. The Morgan fingerprint density at radius 2 is 2.24 bits per heavy atom. The minimum absolute atomic E-state index is 0.381. The maximum absolute atomic E-state index is 6.37. The average molecular weight is 256 g/mol. The third kappa shape index (κ3) is 2.83. The van der Waals surface area contributed by atoms with Gasteiger partial charge in [0.15, 0.2) is 0 Å². The lowest BCUT2D eigenvalue weighted by atomic mass is 9.83. The minimum atomic E-state index is 0.381. The van der Waals surface area contributed by atoms with Crippen LogP contribution in [0.3, 0.4) is 0 Å². The van der Waals surface area contributed by atoms with E-state index in [2.05, 4.69) is 12.0 Å². The summed E-state index contributed by atoms with van der Waals surface area (Å²) in [6.07, 6.45) is 6.75. The summed E-state index contributed by atoms with van der Waals surface area (Å²) in [5.74, 6) is 0.677. The summed E-state index contributed by atoms with van der Waals surface area (Å²) in [4.78, 5) is 0. The molecule has 17 heavy (non-hydrogen) atoms. The van der Waals surface area contributed by atoms with Crippen LogP contribution >= 0.6 is 11.6 Å². The number of hydrogen-bond acceptors (Lipinski definition) is 2. The molecule has 4 heteroatoms. The van der Waals surface area contributed by atoms with Gasteiger partial charge in [0.2, 0.25) is 0 Å². The number of rotatable bonds is 3. The largest absolute Gasteiger partial charge is 0.328 e. The molecule has 1 saturated carbocycles. The van der Waals surface area contributed by atoms with Crippen molar-refractivity contribution in [1.82, 2.24) is 9.78 Å². The van der Waals surface area contributed by atoms with E-state index < -0.39 is 0 Å². The standard InChI is InChI=1S/C13H22ClN3/c1-3-11-13(14)12(17(2)16-11)8-9-5-4-6-10(15)7-9/h9-10H,3-8,15H2,1-2H3. The fraction of sp³-hybridized carbons (Fsp3) is 0.769. The highest BCUT2D eigenvalue weighted by molar-refractivity contribution is 6.31. The van der Waals surface area contributed by atoms with Crippen LogP contribution < -0.4 is 5.73 Å². The summed E-state index contributed by atoms with van der Waals surface area (Å²) in [6, 6.07) is 0.381. The monoisotopic (exact) mass is 255 g/mol. The molecule has 2 N–H and O–H groups in total. The zero-order valence-electron chi connectivity index (χ0n) is 10.7. The highest BCUT2D eigenvalue weighted by atomic mass is 35.5. The van der Waals surface area contributed by atoms with Crippen molar-refractivity contribution >= 4 is 11.6 Å². The SMILES string of the molecule is CCc1nn(C)c(CC2CCCC(N)C2)c1Cl. The van der Waals surface area contributed by atoms with Crippen molar-refractivity contribution in [3.8, 4) is 0 Å². The Balaban J connectivity index is 2.10. The van der Waals surface area contributed by atoms with Gasteiger partial charge >= 0.3 is 0 Å². The summed E-state index contributed by atoms with van der Waals surface area (Å²) in [5, 5.41) is 5.34. The molecule has 2 rings (SSSR count). The van der Waals surface area contributed by atoms with Gasteiger partial charge in [0.1, 0.15) is 0 Å². The summed E-state index contributed by atoms with van der Waals surface area (Å²) in [7, 11) is 1.99. The van der Waals surface area contributed by atoms with Crippen LogP contribution in [0.2, 0.25) is 5.02 Å². The van der Waals surface area contributed by atoms with E-state index in [1.807, 2.05) is 11.7 Å². The number of hydrogen-bond donors (Lipinski definition) is 1. The zero-order valence-corrected chi connectivity index (χ0v) is 11.5. The fourth-order valence-electron chi connectivity index (χ4n) is 2.83. The van der Waals surface area contributed by atoms with Crippen LogP contribution in [0.25, 0.3) is 0 Å². The zero-order chi connectivity index (χ0) is 12.4. The molecule has 0 aromatic carbocycles. The second kappa shape index (κ2) is 5.40. The van der Waals surface area contributed by atoms with Crippen molar-refractivity contribution in [2.75, 3.05) is 0 Å². The van der Waals surface area contributed by atoms with Gasteiger partial charge in [-0.15, -0.1) is 0 Å². The van der Waals surface area contributed by atoms with E-state index in [1.54, 1.807) is 0 Å². The number of nitrogens with zero attached hydrogens (tertiary/aromatic N) is 2. The van der Waals surface area contributed by atoms with Gasteiger partial charge < -0.3 is 5.73 Å². The first-order chi connectivity index (χ1) is 8.11. The van der Waals surface area contributed by atoms with Crippen LogP contribution in [-0.2, 0) is 19.9 Å². The Morgan fingerprint density at radius 3 is 2.82 bits per heavy atom. The van der Waals surface area contributed by atoms with Crippen molar-refractivity contribution in [2.24, 2.45) is 18.7 Å². The number of aryl methyl sites for hydroxylation is 2. The maximum atomic E-state index is 6.37. The van der Waals surface area contributed by atoms with Gasteiger partial charge in [-0.3, -0.25) is 4.68 Å². The molecule has 0 bridgehead atoms. The van der Waals surface area contributed by atoms with E-state index in [0.717, 1.165) is 30.0 Å². The number of nitrogens with two attached hydrogens (primary N) is 1. The van der Waals surface area contributed by atoms with E-state index >= 15 is 0 Å². The quantitative estimate of drug-likeness (QED) is 0.903. The lowest BCUT2D eigenvalue weighted by Gasteiger charge is -2.26. The van der Waals surface area contributed by atoms with Crippen molar-refractivity contribution in [1.29, 1.82) is 0 Å². The molecule has 0 aliphatic heterocycles. The van der Waals surface area contributed by atoms with Crippen LogP contribution in [0, 0.1) is 5.92 Å². The lowest BCUT2D eigenvalue weighted by molar-refractivity contribution is 0.316. The van der Waals surface area contributed by atoms with Crippen molar-refractivity contribution in [3.05, 3.63) is 16.4 Å². The predicted octanol–water partition coefficient (Wildman–Crippen LogP) is 2.70. The molecule has 3 nitrogen and oxygen atoms in total. The molecule has 1 aliphatic rings. The summed E-state index contributed by atoms with van der Waals surface area (Å²) in [6.45, 7) is 2.09. The van der Waals surface area contributed by atoms with Gasteiger partial charge in [0.05, 0.1) is 16.4 Å². The van der Waals surface area contributed by atoms with Crippen molar-refractivity contribution < 1.29 is 0 Å². The van der Waals surface area contributed by atoms with Crippen LogP contribution in [0.1, 0.15) is 44.0 Å². The Hall–Kier alpha value is -0.540. The maximum Gasteiger partial charge on any atom is 0.0849 e. The molecule has 0 spiro atoms. The molecular weight excluding hydrogens is 234 g/mol. The molecule has 2 atom stereocenters. The molecule has 1 fully saturated rings. The van der Waals surface area contributed by atoms with Crippen LogP contribution in [-0.4, -0.2) is 15.8 Å². The normalized spacial score (nSPS) is 25.2. The average Bonchev–Trinajstić information content (AvgIpc) is 2.56. The van der Waals surface area contributed by atoms with Crippen molar-refractivity contribution in [3.63, 3.8) is 0 Å². The van der Waals surface area contributed by atoms with E-state index in [4.69, 9.17) is 17.3 Å². The molecule has 1 aromatic heterocycles. The van der Waals surface area contributed by atoms with Gasteiger partial charge in [-0.05, 0) is 38.0 Å². The molecular formula is C13H22ClN3. The number of aromatic nitrogens is 2. The predicted molar refractivity (Wildman–Crippen MR) is 71.2 cm³/mol. The van der Waals surface area contributed by atoms with Gasteiger partial charge in [0, 0.05) is 13.1 Å². The molecule has 2 unspecified atom stereocenters. The second-order valence-corrected chi connectivity index (χ2v) is 5.56. The molecule has 1 aliphatic carbocycles. The molecule has 0 amide bonds. The summed E-state index contributed by atoms with van der Waals surface area (Å²) in [5.41, 5.74) is 8.23. The molecule has 0 saturated heterocycles. The third-order valence-corrected chi connectivity index (χ3v) is 4.24. The van der Waals surface area contributed by atoms with Gasteiger partial charge in [-0.1, -0.05) is 24.9 Å². The molecule has 96 valence electrons.